The molecule has 10 heteroatoms. The fraction of sp³-hybridized carbons (Fsp3) is 0.609. The third kappa shape index (κ3) is 8.36. The maximum absolute atomic E-state index is 13.3. The summed E-state index contributed by atoms with van der Waals surface area (Å²) in [5.74, 6) is -0.749. The van der Waals surface area contributed by atoms with Crippen LogP contribution in [0.25, 0.3) is 0 Å². The van der Waals surface area contributed by atoms with Crippen LogP contribution < -0.4 is 0 Å². The first-order valence-electron chi connectivity index (χ1n) is 10.9. The van der Waals surface area contributed by atoms with Crippen LogP contribution in [0.2, 0.25) is 10.0 Å². The lowest BCUT2D eigenvalue weighted by Crippen LogP contribution is -2.48. The Labute approximate surface area is 204 Å². The van der Waals surface area contributed by atoms with Crippen molar-refractivity contribution in [3.63, 3.8) is 0 Å². The number of halogens is 2. The lowest BCUT2D eigenvalue weighted by Gasteiger charge is -2.33. The summed E-state index contributed by atoms with van der Waals surface area (Å²) in [4.78, 5) is 40.7. The van der Waals surface area contributed by atoms with Crippen molar-refractivity contribution in [3.05, 3.63) is 33.8 Å². The molecule has 1 aliphatic carbocycles. The molecule has 0 heterocycles. The van der Waals surface area contributed by atoms with Gasteiger partial charge in [-0.25, -0.2) is 4.79 Å². The predicted molar refractivity (Wildman–Crippen MR) is 125 cm³/mol. The van der Waals surface area contributed by atoms with Crippen LogP contribution in [-0.4, -0.2) is 70.8 Å². The number of carbonyl (C=O) groups excluding carboxylic acids is 3. The second kappa shape index (κ2) is 11.9. The molecule has 8 nitrogen and oxygen atoms in total. The average molecular weight is 503 g/mol. The number of benzene rings is 1. The standard InChI is InChI=1S/C23H32Cl2N2O6/c1-23(2,3)33-22(31)26(11-10-20(30)32-4)17(14-28)12-19(29)27(16-8-9-16)13-15-6-5-7-18(24)21(15)25/h5-7,16-17,28H,8-14H2,1-4H3/t17-/m0/s1. The van der Waals surface area contributed by atoms with E-state index in [-0.39, 0.29) is 37.9 Å². The van der Waals surface area contributed by atoms with Gasteiger partial charge in [-0.3, -0.25) is 9.59 Å². The lowest BCUT2D eigenvalue weighted by atomic mass is 10.1. The van der Waals surface area contributed by atoms with Gasteiger partial charge in [0, 0.05) is 25.6 Å². The van der Waals surface area contributed by atoms with Crippen LogP contribution in [0.1, 0.15) is 52.0 Å². The molecule has 1 N–H and O–H groups in total. The molecule has 0 unspecified atom stereocenters. The summed E-state index contributed by atoms with van der Waals surface area (Å²) in [7, 11) is 1.25. The molecule has 0 saturated heterocycles. The molecule has 0 spiro atoms. The lowest BCUT2D eigenvalue weighted by molar-refractivity contribution is -0.141. The molecule has 1 saturated carbocycles. The molecule has 33 heavy (non-hydrogen) atoms. The van der Waals surface area contributed by atoms with E-state index < -0.39 is 30.3 Å². The highest BCUT2D eigenvalue weighted by Crippen LogP contribution is 2.33. The van der Waals surface area contributed by atoms with Crippen molar-refractivity contribution in [2.75, 3.05) is 20.3 Å². The molecule has 0 aromatic heterocycles. The van der Waals surface area contributed by atoms with Gasteiger partial charge in [-0.1, -0.05) is 35.3 Å². The summed E-state index contributed by atoms with van der Waals surface area (Å²) in [6.07, 6.45) is 0.794. The van der Waals surface area contributed by atoms with Gasteiger partial charge < -0.3 is 24.4 Å². The van der Waals surface area contributed by atoms with Crippen molar-refractivity contribution in [1.29, 1.82) is 0 Å². The van der Waals surface area contributed by atoms with Crippen molar-refractivity contribution >= 4 is 41.2 Å². The molecule has 1 fully saturated rings. The first-order valence-corrected chi connectivity index (χ1v) is 11.6. The summed E-state index contributed by atoms with van der Waals surface area (Å²) < 4.78 is 10.1. The van der Waals surface area contributed by atoms with Gasteiger partial charge in [0.15, 0.2) is 0 Å². The SMILES string of the molecule is COC(=O)CCN(C(=O)OC(C)(C)C)[C@H](CO)CC(=O)N(Cc1cccc(Cl)c1Cl)C1CC1. The van der Waals surface area contributed by atoms with Crippen LogP contribution in [0.4, 0.5) is 4.79 Å². The Morgan fingerprint density at radius 3 is 2.42 bits per heavy atom. The van der Waals surface area contributed by atoms with Crippen LogP contribution in [0.3, 0.4) is 0 Å². The number of rotatable bonds is 10. The minimum Gasteiger partial charge on any atom is -0.469 e. The number of aliphatic hydroxyl groups excluding tert-OH is 1. The van der Waals surface area contributed by atoms with E-state index in [1.807, 2.05) is 6.07 Å². The molecule has 1 aliphatic rings. The first kappa shape index (κ1) is 27.2. The number of methoxy groups -OCH3 is 1. The highest BCUT2D eigenvalue weighted by molar-refractivity contribution is 6.42. The summed E-state index contributed by atoms with van der Waals surface area (Å²) >= 11 is 12.4. The minimum absolute atomic E-state index is 0.0519. The maximum atomic E-state index is 13.3. The van der Waals surface area contributed by atoms with Gasteiger partial charge in [-0.05, 0) is 45.2 Å². The Morgan fingerprint density at radius 2 is 1.88 bits per heavy atom. The predicted octanol–water partition coefficient (Wildman–Crippen LogP) is 4.04. The van der Waals surface area contributed by atoms with E-state index in [1.54, 1.807) is 37.8 Å². The van der Waals surface area contributed by atoms with Crippen LogP contribution in [0.5, 0.6) is 0 Å². The number of carbonyl (C=O) groups is 3. The van der Waals surface area contributed by atoms with Crippen LogP contribution in [0, 0.1) is 0 Å². The maximum Gasteiger partial charge on any atom is 0.410 e. The first-order chi connectivity index (χ1) is 15.5. The Hall–Kier alpha value is -2.03. The Bertz CT molecular complexity index is 854. The van der Waals surface area contributed by atoms with Gasteiger partial charge in [0.05, 0.1) is 36.2 Å². The molecule has 0 aliphatic heterocycles. The van der Waals surface area contributed by atoms with Gasteiger partial charge in [0.1, 0.15) is 5.60 Å². The Balaban J connectivity index is 2.19. The molecular weight excluding hydrogens is 471 g/mol. The van der Waals surface area contributed by atoms with E-state index >= 15 is 0 Å². The zero-order valence-electron chi connectivity index (χ0n) is 19.5. The highest BCUT2D eigenvalue weighted by Gasteiger charge is 2.36. The quantitative estimate of drug-likeness (QED) is 0.485. The second-order valence-corrected chi connectivity index (χ2v) is 9.79. The smallest absolute Gasteiger partial charge is 0.410 e. The van der Waals surface area contributed by atoms with Crippen molar-refractivity contribution in [2.45, 2.75) is 70.7 Å². The zero-order valence-corrected chi connectivity index (χ0v) is 21.0. The fourth-order valence-corrected chi connectivity index (χ4v) is 3.69. The summed E-state index contributed by atoms with van der Waals surface area (Å²) in [5.41, 5.74) is -0.0618. The molecular formula is C23H32Cl2N2O6. The Morgan fingerprint density at radius 1 is 1.21 bits per heavy atom. The van der Waals surface area contributed by atoms with Gasteiger partial charge in [-0.2, -0.15) is 0 Å². The molecule has 1 atom stereocenters. The molecule has 1 aromatic rings. The molecule has 184 valence electrons. The summed E-state index contributed by atoms with van der Waals surface area (Å²) in [6, 6.07) is 4.46. The van der Waals surface area contributed by atoms with Gasteiger partial charge >= 0.3 is 12.1 Å². The van der Waals surface area contributed by atoms with Gasteiger partial charge in [-0.15, -0.1) is 0 Å². The van der Waals surface area contributed by atoms with Crippen molar-refractivity contribution in [3.8, 4) is 0 Å². The van der Waals surface area contributed by atoms with Crippen molar-refractivity contribution in [2.24, 2.45) is 0 Å². The summed E-state index contributed by atoms with van der Waals surface area (Å²) in [6.45, 7) is 4.89. The zero-order chi connectivity index (χ0) is 24.8. The van der Waals surface area contributed by atoms with Crippen LogP contribution in [-0.2, 0) is 25.6 Å². The topological polar surface area (TPSA) is 96.4 Å². The third-order valence-corrected chi connectivity index (χ3v) is 6.01. The highest BCUT2D eigenvalue weighted by atomic mass is 35.5. The van der Waals surface area contributed by atoms with Gasteiger partial charge in [0.2, 0.25) is 5.91 Å². The van der Waals surface area contributed by atoms with E-state index in [4.69, 9.17) is 27.9 Å². The van der Waals surface area contributed by atoms with Crippen LogP contribution in [0.15, 0.2) is 18.2 Å². The van der Waals surface area contributed by atoms with E-state index in [1.165, 1.54) is 12.0 Å². The molecule has 2 rings (SSSR count). The molecule has 1 aromatic carbocycles. The van der Waals surface area contributed by atoms with Crippen molar-refractivity contribution in [1.82, 2.24) is 9.80 Å². The second-order valence-electron chi connectivity index (χ2n) is 9.01. The number of hydrogen-bond donors (Lipinski definition) is 1. The normalized spacial score (nSPS) is 14.4. The molecule has 0 radical (unpaired) electrons. The van der Waals surface area contributed by atoms with Crippen molar-refractivity contribution < 1.29 is 29.0 Å². The largest absolute Gasteiger partial charge is 0.469 e. The minimum atomic E-state index is -0.868. The van der Waals surface area contributed by atoms with E-state index in [9.17, 15) is 19.5 Å². The van der Waals surface area contributed by atoms with E-state index in [0.717, 1.165) is 18.4 Å². The fourth-order valence-electron chi connectivity index (χ4n) is 3.31. The number of ether oxygens (including phenoxy) is 2. The monoisotopic (exact) mass is 502 g/mol. The third-order valence-electron chi connectivity index (χ3n) is 5.15. The number of esters is 1. The number of aliphatic hydroxyl groups is 1. The average Bonchev–Trinajstić information content (AvgIpc) is 3.57. The number of nitrogens with zero attached hydrogens (tertiary/aromatic N) is 2. The number of amides is 2. The van der Waals surface area contributed by atoms with Crippen LogP contribution >= 0.6 is 23.2 Å². The molecule has 0 bridgehead atoms. The van der Waals surface area contributed by atoms with Gasteiger partial charge in [0.25, 0.3) is 0 Å². The number of hydrogen-bond acceptors (Lipinski definition) is 6. The Kier molecular flexibility index (Phi) is 9.82. The van der Waals surface area contributed by atoms with E-state index in [2.05, 4.69) is 4.74 Å². The molecule has 2 amide bonds. The summed E-state index contributed by atoms with van der Waals surface area (Å²) in [5, 5.41) is 10.8. The van der Waals surface area contributed by atoms with E-state index in [0.29, 0.717) is 10.0 Å².